The van der Waals surface area contributed by atoms with Crippen molar-refractivity contribution in [2.24, 2.45) is 5.73 Å². The molecule has 0 bridgehead atoms. The summed E-state index contributed by atoms with van der Waals surface area (Å²) in [4.78, 5) is 18.6. The third-order valence-electron chi connectivity index (χ3n) is 4.06. The van der Waals surface area contributed by atoms with Crippen LogP contribution in [-0.4, -0.2) is 30.0 Å². The number of nitrogens with two attached hydrogens (primary N) is 1. The van der Waals surface area contributed by atoms with Crippen molar-refractivity contribution in [1.29, 1.82) is 0 Å². The third-order valence-corrected chi connectivity index (χ3v) is 4.06. The maximum atomic E-state index is 11.7. The van der Waals surface area contributed by atoms with E-state index in [4.69, 9.17) is 5.73 Å². The van der Waals surface area contributed by atoms with Crippen LogP contribution in [-0.2, 0) is 11.3 Å². The van der Waals surface area contributed by atoms with Crippen molar-refractivity contribution in [2.75, 3.05) is 18.0 Å². The number of carbonyl (C=O) groups excluding carboxylic acids is 1. The summed E-state index contributed by atoms with van der Waals surface area (Å²) in [5, 5.41) is 2.92. The second-order valence-corrected chi connectivity index (χ2v) is 6.22. The monoisotopic (exact) mass is 304 g/mol. The van der Waals surface area contributed by atoms with Crippen LogP contribution in [0.2, 0.25) is 0 Å². The maximum Gasteiger partial charge on any atom is 0.220 e. The topological polar surface area (TPSA) is 71.2 Å². The Morgan fingerprint density at radius 1 is 1.32 bits per heavy atom. The first-order chi connectivity index (χ1) is 10.6. The first-order valence-corrected chi connectivity index (χ1v) is 8.37. The number of anilines is 1. The van der Waals surface area contributed by atoms with Gasteiger partial charge in [-0.05, 0) is 37.8 Å². The number of rotatable bonds is 6. The molecular formula is C17H28N4O. The van der Waals surface area contributed by atoms with Crippen molar-refractivity contribution in [2.45, 2.75) is 58.0 Å². The van der Waals surface area contributed by atoms with E-state index in [0.29, 0.717) is 13.0 Å². The van der Waals surface area contributed by atoms with Crippen molar-refractivity contribution in [1.82, 2.24) is 10.3 Å². The molecule has 22 heavy (non-hydrogen) atoms. The first kappa shape index (κ1) is 16.7. The van der Waals surface area contributed by atoms with Gasteiger partial charge in [0.05, 0.1) is 0 Å². The highest BCUT2D eigenvalue weighted by Gasteiger charge is 2.11. The van der Waals surface area contributed by atoms with Gasteiger partial charge in [-0.2, -0.15) is 0 Å². The van der Waals surface area contributed by atoms with Gasteiger partial charge in [-0.25, -0.2) is 4.98 Å². The maximum absolute atomic E-state index is 11.7. The lowest BCUT2D eigenvalue weighted by Crippen LogP contribution is -2.26. The first-order valence-electron chi connectivity index (χ1n) is 8.37. The Balaban J connectivity index is 1.80. The van der Waals surface area contributed by atoms with Crippen LogP contribution in [0.1, 0.15) is 51.0 Å². The molecule has 0 radical (unpaired) electrons. The van der Waals surface area contributed by atoms with Crippen LogP contribution in [0.5, 0.6) is 0 Å². The molecule has 1 aromatic heterocycles. The molecule has 1 amide bonds. The zero-order chi connectivity index (χ0) is 15.8. The summed E-state index contributed by atoms with van der Waals surface area (Å²) >= 11 is 0. The summed E-state index contributed by atoms with van der Waals surface area (Å²) in [6.45, 7) is 4.64. The highest BCUT2D eigenvalue weighted by atomic mass is 16.1. The normalized spacial score (nSPS) is 16.9. The average molecular weight is 304 g/mol. The lowest BCUT2D eigenvalue weighted by atomic mass is 10.2. The lowest BCUT2D eigenvalue weighted by molar-refractivity contribution is -0.121. The van der Waals surface area contributed by atoms with Gasteiger partial charge in [-0.1, -0.05) is 18.9 Å². The Bertz CT molecular complexity index is 450. The van der Waals surface area contributed by atoms with Gasteiger partial charge < -0.3 is 16.0 Å². The Labute approximate surface area is 133 Å². The van der Waals surface area contributed by atoms with E-state index in [1.54, 1.807) is 0 Å². The highest BCUT2D eigenvalue weighted by molar-refractivity contribution is 5.75. The van der Waals surface area contributed by atoms with Crippen LogP contribution in [0.15, 0.2) is 18.3 Å². The smallest absolute Gasteiger partial charge is 0.220 e. The summed E-state index contributed by atoms with van der Waals surface area (Å²) in [5.74, 6) is 1.10. The minimum Gasteiger partial charge on any atom is -0.357 e. The molecule has 0 aliphatic carbocycles. The van der Waals surface area contributed by atoms with Crippen molar-refractivity contribution >= 4 is 11.7 Å². The zero-order valence-corrected chi connectivity index (χ0v) is 13.6. The summed E-state index contributed by atoms with van der Waals surface area (Å²) in [5.41, 5.74) is 6.69. The Kier molecular flexibility index (Phi) is 6.65. The molecule has 0 aromatic carbocycles. The number of hydrogen-bond acceptors (Lipinski definition) is 4. The fourth-order valence-corrected chi connectivity index (χ4v) is 2.66. The van der Waals surface area contributed by atoms with Gasteiger partial charge >= 0.3 is 0 Å². The van der Waals surface area contributed by atoms with Crippen molar-refractivity contribution < 1.29 is 4.79 Å². The second-order valence-electron chi connectivity index (χ2n) is 6.22. The van der Waals surface area contributed by atoms with Gasteiger partial charge in [0.1, 0.15) is 5.82 Å². The van der Waals surface area contributed by atoms with Gasteiger partial charge in [0.25, 0.3) is 0 Å². The third kappa shape index (κ3) is 5.64. The summed E-state index contributed by atoms with van der Waals surface area (Å²) in [6.07, 6.45) is 8.21. The van der Waals surface area contributed by atoms with E-state index in [9.17, 15) is 4.79 Å². The minimum atomic E-state index is 0.0499. The number of amides is 1. The molecule has 1 fully saturated rings. The molecule has 1 unspecified atom stereocenters. The van der Waals surface area contributed by atoms with E-state index < -0.39 is 0 Å². The van der Waals surface area contributed by atoms with Crippen molar-refractivity contribution in [3.63, 3.8) is 0 Å². The summed E-state index contributed by atoms with van der Waals surface area (Å²) in [7, 11) is 0. The predicted molar refractivity (Wildman–Crippen MR) is 89.6 cm³/mol. The van der Waals surface area contributed by atoms with Crippen molar-refractivity contribution in [3.05, 3.63) is 23.9 Å². The van der Waals surface area contributed by atoms with E-state index in [1.807, 2.05) is 13.1 Å². The molecule has 3 N–H and O–H groups in total. The van der Waals surface area contributed by atoms with Crippen LogP contribution in [0.3, 0.4) is 0 Å². The van der Waals surface area contributed by atoms with Crippen LogP contribution < -0.4 is 16.0 Å². The van der Waals surface area contributed by atoms with E-state index in [0.717, 1.165) is 30.9 Å². The molecule has 2 heterocycles. The van der Waals surface area contributed by atoms with Gasteiger partial charge in [0, 0.05) is 38.3 Å². The summed E-state index contributed by atoms with van der Waals surface area (Å²) in [6, 6.07) is 4.19. The number of hydrogen-bond donors (Lipinski definition) is 2. The lowest BCUT2D eigenvalue weighted by Gasteiger charge is -2.21. The van der Waals surface area contributed by atoms with Gasteiger partial charge in [-0.3, -0.25) is 4.79 Å². The molecule has 0 saturated carbocycles. The predicted octanol–water partition coefficient (Wildman–Crippen LogP) is 2.21. The highest BCUT2D eigenvalue weighted by Crippen LogP contribution is 2.17. The SMILES string of the molecule is CC(N)CCC(=O)NCc1ccc(N2CCCCCC2)nc1. The minimum absolute atomic E-state index is 0.0499. The Hall–Kier alpha value is -1.62. The van der Waals surface area contributed by atoms with E-state index >= 15 is 0 Å². The van der Waals surface area contributed by atoms with E-state index in [2.05, 4.69) is 27.3 Å². The van der Waals surface area contributed by atoms with E-state index in [1.165, 1.54) is 25.7 Å². The molecule has 1 aromatic rings. The number of pyridine rings is 1. The molecule has 2 rings (SSSR count). The number of aromatic nitrogens is 1. The molecular weight excluding hydrogens is 276 g/mol. The molecule has 5 nitrogen and oxygen atoms in total. The molecule has 5 heteroatoms. The molecule has 1 atom stereocenters. The molecule has 1 aliphatic heterocycles. The molecule has 122 valence electrons. The van der Waals surface area contributed by atoms with Gasteiger partial charge in [-0.15, -0.1) is 0 Å². The fraction of sp³-hybridized carbons (Fsp3) is 0.647. The van der Waals surface area contributed by atoms with Crippen LogP contribution in [0.4, 0.5) is 5.82 Å². The Morgan fingerprint density at radius 2 is 2.05 bits per heavy atom. The van der Waals surface area contributed by atoms with Gasteiger partial charge in [0.2, 0.25) is 5.91 Å². The van der Waals surface area contributed by atoms with Crippen LogP contribution in [0.25, 0.3) is 0 Å². The number of nitrogens with zero attached hydrogens (tertiary/aromatic N) is 2. The van der Waals surface area contributed by atoms with Crippen LogP contribution in [0, 0.1) is 0 Å². The molecule has 1 aliphatic rings. The second kappa shape index (κ2) is 8.73. The number of nitrogens with one attached hydrogen (secondary N) is 1. The number of carbonyl (C=O) groups is 1. The largest absolute Gasteiger partial charge is 0.357 e. The zero-order valence-electron chi connectivity index (χ0n) is 13.6. The molecule has 1 saturated heterocycles. The van der Waals surface area contributed by atoms with E-state index in [-0.39, 0.29) is 11.9 Å². The Morgan fingerprint density at radius 3 is 2.64 bits per heavy atom. The quantitative estimate of drug-likeness (QED) is 0.845. The van der Waals surface area contributed by atoms with Crippen LogP contribution >= 0.6 is 0 Å². The molecule has 0 spiro atoms. The average Bonchev–Trinajstić information content (AvgIpc) is 2.80. The van der Waals surface area contributed by atoms with Crippen molar-refractivity contribution in [3.8, 4) is 0 Å². The fourth-order valence-electron chi connectivity index (χ4n) is 2.66. The summed E-state index contributed by atoms with van der Waals surface area (Å²) < 4.78 is 0. The van der Waals surface area contributed by atoms with Gasteiger partial charge in [0.15, 0.2) is 0 Å². The standard InChI is InChI=1S/C17H28N4O/c1-14(18)6-9-17(22)20-13-15-7-8-16(19-12-15)21-10-4-2-3-5-11-21/h7-8,12,14H,2-6,9-11,13,18H2,1H3,(H,20,22).